The van der Waals surface area contributed by atoms with Crippen LogP contribution >= 0.6 is 0 Å². The lowest BCUT2D eigenvalue weighted by molar-refractivity contribution is 1.04. The Labute approximate surface area is 220 Å². The molecule has 0 saturated heterocycles. The summed E-state index contributed by atoms with van der Waals surface area (Å²) in [4.78, 5) is 39.6. The van der Waals surface area contributed by atoms with Crippen molar-refractivity contribution in [2.75, 3.05) is 0 Å². The Morgan fingerprint density at radius 2 is 1.05 bits per heavy atom. The van der Waals surface area contributed by atoms with E-state index in [9.17, 15) is 0 Å². The largest absolute Gasteiger partial charge is 0.342 e. The summed E-state index contributed by atoms with van der Waals surface area (Å²) in [6.45, 7) is 7.76. The number of fused-ring (bicyclic) bond motifs is 4. The number of imidazole rings is 4. The zero-order valence-corrected chi connectivity index (χ0v) is 21.7. The zero-order valence-electron chi connectivity index (χ0n) is 21.7. The van der Waals surface area contributed by atoms with E-state index in [1.54, 1.807) is 12.4 Å². The summed E-state index contributed by atoms with van der Waals surface area (Å²) in [5.74, 6) is 3.30. The molecule has 0 amide bonds. The summed E-state index contributed by atoms with van der Waals surface area (Å²) in [7, 11) is 0. The minimum atomic E-state index is 0.723. The highest BCUT2D eigenvalue weighted by Crippen LogP contribution is 2.24. The fourth-order valence-corrected chi connectivity index (χ4v) is 4.64. The third-order valence-corrected chi connectivity index (χ3v) is 6.35. The van der Waals surface area contributed by atoms with E-state index in [1.165, 1.54) is 0 Å². The topological polar surface area (TPSA) is 169 Å². The minimum Gasteiger partial charge on any atom is -0.342 e. The van der Waals surface area contributed by atoms with Crippen LogP contribution < -0.4 is 0 Å². The molecule has 192 valence electrons. The van der Waals surface area contributed by atoms with Crippen molar-refractivity contribution in [1.82, 2.24) is 60.0 Å². The van der Waals surface area contributed by atoms with Gasteiger partial charge in [-0.1, -0.05) is 0 Å². The van der Waals surface area contributed by atoms with Crippen LogP contribution in [0.5, 0.6) is 0 Å². The summed E-state index contributed by atoms with van der Waals surface area (Å²) in [5, 5.41) is 7.13. The number of rotatable bonds is 2. The van der Waals surface area contributed by atoms with Gasteiger partial charge < -0.3 is 19.9 Å². The molecule has 5 N–H and O–H groups in total. The molecular weight excluding hydrogens is 492 g/mol. The zero-order chi connectivity index (χ0) is 26.7. The van der Waals surface area contributed by atoms with E-state index in [4.69, 9.17) is 0 Å². The standard InChI is InChI=1S/C14H12N6.C13H12N6/c1-7-5-15-6-13(16-7)14-19-11-3-9-10(4-12(11)20-14)18-8(2)17-9;1-6-3-12(19-18-6)13-16-10-4-8-9(5-11(10)17-13)15-7(2)14-8/h3-6H,1-2H3,(H,17,18)(H,19,20);3-5H,1-2H3,(H,14,15)(H,16,17)(H,18,19). The first-order chi connectivity index (χ1) is 18.9. The molecule has 0 radical (unpaired) electrons. The first-order valence-electron chi connectivity index (χ1n) is 12.4. The Morgan fingerprint density at radius 3 is 1.59 bits per heavy atom. The van der Waals surface area contributed by atoms with Gasteiger partial charge in [-0.25, -0.2) is 24.9 Å². The van der Waals surface area contributed by atoms with Crippen molar-refractivity contribution < 1.29 is 0 Å². The van der Waals surface area contributed by atoms with Crippen molar-refractivity contribution in [3.05, 3.63) is 65.8 Å². The van der Waals surface area contributed by atoms with Gasteiger partial charge in [0.15, 0.2) is 11.6 Å². The lowest BCUT2D eigenvalue weighted by Gasteiger charge is -1.95. The first-order valence-corrected chi connectivity index (χ1v) is 12.4. The van der Waals surface area contributed by atoms with Crippen LogP contribution in [0.25, 0.3) is 67.2 Å². The van der Waals surface area contributed by atoms with E-state index in [1.807, 2.05) is 58.0 Å². The molecule has 2 aromatic carbocycles. The fourth-order valence-electron chi connectivity index (χ4n) is 4.64. The number of aromatic amines is 5. The van der Waals surface area contributed by atoms with Crippen LogP contribution in [0, 0.1) is 27.7 Å². The number of hydrogen-bond acceptors (Lipinski definition) is 7. The maximum atomic E-state index is 4.57. The van der Waals surface area contributed by atoms with Gasteiger partial charge in [-0.2, -0.15) is 5.10 Å². The summed E-state index contributed by atoms with van der Waals surface area (Å²) in [6, 6.07) is 9.96. The quantitative estimate of drug-likeness (QED) is 0.216. The molecule has 6 heterocycles. The number of H-pyrrole nitrogens is 5. The third-order valence-electron chi connectivity index (χ3n) is 6.35. The second-order valence-electron chi connectivity index (χ2n) is 9.57. The maximum Gasteiger partial charge on any atom is 0.159 e. The van der Waals surface area contributed by atoms with Crippen molar-refractivity contribution in [1.29, 1.82) is 0 Å². The van der Waals surface area contributed by atoms with E-state index < -0.39 is 0 Å². The van der Waals surface area contributed by atoms with E-state index in [-0.39, 0.29) is 0 Å². The monoisotopic (exact) mass is 516 g/mol. The molecule has 0 atom stereocenters. The van der Waals surface area contributed by atoms with Crippen molar-refractivity contribution in [3.63, 3.8) is 0 Å². The molecule has 0 bridgehead atoms. The Morgan fingerprint density at radius 1 is 0.513 bits per heavy atom. The highest BCUT2D eigenvalue weighted by Gasteiger charge is 2.11. The lowest BCUT2D eigenvalue weighted by atomic mass is 10.3. The van der Waals surface area contributed by atoms with E-state index in [0.717, 1.165) is 90.2 Å². The molecule has 6 aromatic heterocycles. The number of nitrogens with zero attached hydrogens (tertiary/aromatic N) is 7. The van der Waals surface area contributed by atoms with Gasteiger partial charge in [0, 0.05) is 11.9 Å². The molecule has 0 fully saturated rings. The molecule has 0 aliphatic rings. The molecular formula is C27H24N12. The van der Waals surface area contributed by atoms with Gasteiger partial charge in [-0.15, -0.1) is 0 Å². The molecule has 0 saturated carbocycles. The molecule has 0 aliphatic heterocycles. The van der Waals surface area contributed by atoms with Gasteiger partial charge in [-0.05, 0) is 58.0 Å². The van der Waals surface area contributed by atoms with Gasteiger partial charge >= 0.3 is 0 Å². The van der Waals surface area contributed by atoms with Crippen molar-refractivity contribution >= 4 is 44.1 Å². The van der Waals surface area contributed by atoms with E-state index in [0.29, 0.717) is 0 Å². The van der Waals surface area contributed by atoms with Crippen LogP contribution in [0.15, 0.2) is 42.7 Å². The van der Waals surface area contributed by atoms with Gasteiger partial charge in [0.1, 0.15) is 23.0 Å². The van der Waals surface area contributed by atoms with Gasteiger partial charge in [0.2, 0.25) is 0 Å². The molecule has 12 nitrogen and oxygen atoms in total. The summed E-state index contributed by atoms with van der Waals surface area (Å²) in [5.41, 5.74) is 11.0. The normalized spacial score (nSPS) is 11.6. The van der Waals surface area contributed by atoms with E-state index in [2.05, 4.69) is 60.0 Å². The Kier molecular flexibility index (Phi) is 5.01. The van der Waals surface area contributed by atoms with Crippen LogP contribution in [0.3, 0.4) is 0 Å². The van der Waals surface area contributed by atoms with Crippen LogP contribution in [0.4, 0.5) is 0 Å². The molecule has 0 spiro atoms. The predicted molar refractivity (Wildman–Crippen MR) is 149 cm³/mol. The third kappa shape index (κ3) is 4.17. The smallest absolute Gasteiger partial charge is 0.159 e. The molecule has 8 rings (SSSR count). The number of aromatic nitrogens is 12. The second kappa shape index (κ2) is 8.58. The lowest BCUT2D eigenvalue weighted by Crippen LogP contribution is -1.89. The maximum absolute atomic E-state index is 4.57. The van der Waals surface area contributed by atoms with Crippen LogP contribution in [-0.2, 0) is 0 Å². The fraction of sp³-hybridized carbons (Fsp3) is 0.148. The van der Waals surface area contributed by atoms with Gasteiger partial charge in [0.05, 0.1) is 56.0 Å². The van der Waals surface area contributed by atoms with Crippen molar-refractivity contribution in [2.24, 2.45) is 0 Å². The molecule has 0 aliphatic carbocycles. The van der Waals surface area contributed by atoms with Crippen LogP contribution in [0.2, 0.25) is 0 Å². The predicted octanol–water partition coefficient (Wildman–Crippen LogP) is 4.96. The highest BCUT2D eigenvalue weighted by molar-refractivity contribution is 5.93. The number of hydrogen-bond donors (Lipinski definition) is 5. The van der Waals surface area contributed by atoms with Crippen molar-refractivity contribution in [2.45, 2.75) is 27.7 Å². The van der Waals surface area contributed by atoms with Gasteiger partial charge in [0.25, 0.3) is 0 Å². The summed E-state index contributed by atoms with van der Waals surface area (Å²) in [6.07, 6.45) is 3.43. The average molecular weight is 517 g/mol. The Balaban J connectivity index is 0.000000130. The Bertz CT molecular complexity index is 2030. The Hall–Kier alpha value is -5.39. The van der Waals surface area contributed by atoms with Crippen molar-refractivity contribution in [3.8, 4) is 23.0 Å². The summed E-state index contributed by atoms with van der Waals surface area (Å²) < 4.78 is 0. The van der Waals surface area contributed by atoms with E-state index >= 15 is 0 Å². The highest BCUT2D eigenvalue weighted by atomic mass is 15.1. The SMILES string of the molecule is Cc1cc(-c2nc3cc4nc(C)[nH]c4cc3[nH]2)n[nH]1.Cc1cncc(-c2nc3cc4nc(C)[nH]c4cc3[nH]2)n1. The summed E-state index contributed by atoms with van der Waals surface area (Å²) >= 11 is 0. The van der Waals surface area contributed by atoms with Gasteiger partial charge in [-0.3, -0.25) is 10.1 Å². The second-order valence-corrected chi connectivity index (χ2v) is 9.57. The number of nitrogens with one attached hydrogen (secondary N) is 5. The number of benzene rings is 2. The molecule has 12 heteroatoms. The molecule has 8 aromatic rings. The average Bonchev–Trinajstić information content (AvgIpc) is 3.70. The van der Waals surface area contributed by atoms with Crippen LogP contribution in [-0.4, -0.2) is 60.0 Å². The molecule has 0 unspecified atom stereocenters. The first kappa shape index (κ1) is 22.8. The number of aryl methyl sites for hydroxylation is 4. The molecule has 39 heavy (non-hydrogen) atoms. The minimum absolute atomic E-state index is 0.723. The van der Waals surface area contributed by atoms with Crippen LogP contribution in [0.1, 0.15) is 23.0 Å².